The van der Waals surface area contributed by atoms with Crippen LogP contribution in [0.15, 0.2) is 6.20 Å². The van der Waals surface area contributed by atoms with Crippen LogP contribution in [0.5, 0.6) is 0 Å². The fraction of sp³-hybridized carbons (Fsp3) is 0.846. The van der Waals surface area contributed by atoms with E-state index in [0.29, 0.717) is 0 Å². The Hall–Kier alpha value is -0.940. The van der Waals surface area contributed by atoms with Gasteiger partial charge in [-0.25, -0.2) is 4.68 Å². The zero-order chi connectivity index (χ0) is 13.8. The molecular formula is C13H24N4O. The lowest BCUT2D eigenvalue weighted by atomic mass is 9.94. The van der Waals surface area contributed by atoms with Gasteiger partial charge in [0, 0.05) is 6.42 Å². The summed E-state index contributed by atoms with van der Waals surface area (Å²) in [6, 6.07) is 0.191. The van der Waals surface area contributed by atoms with Crippen LogP contribution in [-0.4, -0.2) is 26.2 Å². The molecule has 1 aromatic heterocycles. The monoisotopic (exact) mass is 252 g/mol. The van der Waals surface area contributed by atoms with E-state index >= 15 is 0 Å². The first-order valence-electron chi connectivity index (χ1n) is 6.43. The van der Waals surface area contributed by atoms with Gasteiger partial charge in [-0.3, -0.25) is 0 Å². The van der Waals surface area contributed by atoms with Gasteiger partial charge in [0.2, 0.25) is 0 Å². The summed E-state index contributed by atoms with van der Waals surface area (Å²) in [5.74, 6) is 0. The molecule has 102 valence electrons. The molecule has 0 radical (unpaired) electrons. The lowest BCUT2D eigenvalue weighted by Crippen LogP contribution is -2.31. The first-order valence-corrected chi connectivity index (χ1v) is 6.43. The molecule has 0 aromatic carbocycles. The molecule has 1 aliphatic heterocycles. The molecule has 0 saturated carbocycles. The zero-order valence-electron chi connectivity index (χ0n) is 12.2. The second kappa shape index (κ2) is 3.78. The Morgan fingerprint density at radius 2 is 2.00 bits per heavy atom. The SMILES string of the molecule is CC1(C)CC(n2cc(C(C)(C)N)nn2)C(C)(C)O1. The zero-order valence-corrected chi connectivity index (χ0v) is 12.2. The highest BCUT2D eigenvalue weighted by molar-refractivity contribution is 5.08. The van der Waals surface area contributed by atoms with E-state index in [0.717, 1.165) is 12.1 Å². The Kier molecular flexibility index (Phi) is 2.83. The molecule has 0 bridgehead atoms. The van der Waals surface area contributed by atoms with Gasteiger partial charge >= 0.3 is 0 Å². The molecule has 1 saturated heterocycles. The topological polar surface area (TPSA) is 66.0 Å². The van der Waals surface area contributed by atoms with Crippen LogP contribution in [0.2, 0.25) is 0 Å². The van der Waals surface area contributed by atoms with Crippen molar-refractivity contribution in [2.45, 2.75) is 70.7 Å². The van der Waals surface area contributed by atoms with Crippen LogP contribution < -0.4 is 5.73 Å². The Morgan fingerprint density at radius 3 is 2.39 bits per heavy atom. The molecule has 0 aliphatic carbocycles. The van der Waals surface area contributed by atoms with E-state index in [1.54, 1.807) is 0 Å². The minimum Gasteiger partial charge on any atom is -0.367 e. The normalized spacial score (nSPS) is 26.5. The number of hydrogen-bond donors (Lipinski definition) is 1. The summed E-state index contributed by atoms with van der Waals surface area (Å²) >= 11 is 0. The molecule has 5 heteroatoms. The molecule has 2 rings (SSSR count). The van der Waals surface area contributed by atoms with Crippen molar-refractivity contribution in [2.24, 2.45) is 5.73 Å². The van der Waals surface area contributed by atoms with Crippen LogP contribution in [0.3, 0.4) is 0 Å². The molecule has 2 heterocycles. The Balaban J connectivity index is 2.30. The lowest BCUT2D eigenvalue weighted by Gasteiger charge is -2.27. The molecular weight excluding hydrogens is 228 g/mol. The number of hydrogen-bond acceptors (Lipinski definition) is 4. The second-order valence-electron chi connectivity index (χ2n) is 6.99. The molecule has 2 N–H and O–H groups in total. The van der Waals surface area contributed by atoms with Crippen molar-refractivity contribution in [2.75, 3.05) is 0 Å². The standard InChI is InChI=1S/C13H24N4O/c1-11(2)7-10(13(5,6)18-11)17-8-9(15-16-17)12(3,4)14/h8,10H,7,14H2,1-6H3. The highest BCUT2D eigenvalue weighted by Gasteiger charge is 2.47. The highest BCUT2D eigenvalue weighted by Crippen LogP contribution is 2.44. The number of ether oxygens (including phenoxy) is 1. The molecule has 0 spiro atoms. The van der Waals surface area contributed by atoms with Gasteiger partial charge in [0.15, 0.2) is 0 Å². The predicted molar refractivity (Wildman–Crippen MR) is 70.1 cm³/mol. The molecule has 1 unspecified atom stereocenters. The number of nitrogens with zero attached hydrogens (tertiary/aromatic N) is 3. The summed E-state index contributed by atoms with van der Waals surface area (Å²) in [6.07, 6.45) is 2.87. The van der Waals surface area contributed by atoms with Crippen molar-refractivity contribution in [1.82, 2.24) is 15.0 Å². The van der Waals surface area contributed by atoms with Crippen molar-refractivity contribution in [3.63, 3.8) is 0 Å². The van der Waals surface area contributed by atoms with E-state index in [2.05, 4.69) is 38.0 Å². The van der Waals surface area contributed by atoms with Gasteiger partial charge in [-0.15, -0.1) is 5.10 Å². The van der Waals surface area contributed by atoms with Gasteiger partial charge < -0.3 is 10.5 Å². The van der Waals surface area contributed by atoms with Gasteiger partial charge in [0.05, 0.1) is 29.0 Å². The molecule has 0 amide bonds. The van der Waals surface area contributed by atoms with Gasteiger partial charge in [-0.1, -0.05) is 5.21 Å². The molecule has 1 fully saturated rings. The van der Waals surface area contributed by atoms with Crippen LogP contribution >= 0.6 is 0 Å². The minimum absolute atomic E-state index is 0.126. The smallest absolute Gasteiger partial charge is 0.102 e. The Morgan fingerprint density at radius 1 is 1.39 bits per heavy atom. The number of rotatable bonds is 2. The molecule has 1 aliphatic rings. The van der Waals surface area contributed by atoms with Crippen molar-refractivity contribution >= 4 is 0 Å². The van der Waals surface area contributed by atoms with E-state index in [9.17, 15) is 0 Å². The third-order valence-electron chi connectivity index (χ3n) is 3.52. The fourth-order valence-electron chi connectivity index (χ4n) is 2.67. The Bertz CT molecular complexity index is 442. The Labute approximate surface area is 109 Å². The van der Waals surface area contributed by atoms with E-state index < -0.39 is 5.54 Å². The summed E-state index contributed by atoms with van der Waals surface area (Å²) < 4.78 is 7.98. The van der Waals surface area contributed by atoms with Crippen LogP contribution in [0.1, 0.15) is 59.7 Å². The van der Waals surface area contributed by atoms with Gasteiger partial charge in [-0.2, -0.15) is 0 Å². The van der Waals surface area contributed by atoms with Crippen LogP contribution in [0.25, 0.3) is 0 Å². The first kappa shape index (κ1) is 13.5. The first-order chi connectivity index (χ1) is 8.01. The highest BCUT2D eigenvalue weighted by atomic mass is 16.5. The minimum atomic E-state index is -0.461. The van der Waals surface area contributed by atoms with Gasteiger partial charge in [-0.05, 0) is 41.5 Å². The van der Waals surface area contributed by atoms with Crippen LogP contribution in [0, 0.1) is 0 Å². The molecule has 1 atom stereocenters. The van der Waals surface area contributed by atoms with Crippen LogP contribution in [0.4, 0.5) is 0 Å². The molecule has 1 aromatic rings. The van der Waals surface area contributed by atoms with E-state index in [1.807, 2.05) is 24.7 Å². The van der Waals surface area contributed by atoms with Crippen molar-refractivity contribution in [3.8, 4) is 0 Å². The van der Waals surface area contributed by atoms with Gasteiger partial charge in [0.1, 0.15) is 5.69 Å². The summed E-state index contributed by atoms with van der Waals surface area (Å²) in [6.45, 7) is 12.3. The maximum atomic E-state index is 6.08. The quantitative estimate of drug-likeness (QED) is 0.874. The second-order valence-corrected chi connectivity index (χ2v) is 6.99. The van der Waals surface area contributed by atoms with Crippen LogP contribution in [-0.2, 0) is 10.3 Å². The molecule has 5 nitrogen and oxygen atoms in total. The maximum Gasteiger partial charge on any atom is 0.102 e. The average molecular weight is 252 g/mol. The van der Waals surface area contributed by atoms with E-state index in [4.69, 9.17) is 10.5 Å². The van der Waals surface area contributed by atoms with Crippen molar-refractivity contribution in [1.29, 1.82) is 0 Å². The number of nitrogens with two attached hydrogens (primary N) is 1. The average Bonchev–Trinajstić information content (AvgIpc) is 2.65. The largest absolute Gasteiger partial charge is 0.367 e. The summed E-state index contributed by atoms with van der Waals surface area (Å²) in [5.41, 5.74) is 6.02. The number of aromatic nitrogens is 3. The summed E-state index contributed by atoms with van der Waals surface area (Å²) in [4.78, 5) is 0. The van der Waals surface area contributed by atoms with E-state index in [1.165, 1.54) is 0 Å². The maximum absolute atomic E-state index is 6.08. The lowest BCUT2D eigenvalue weighted by molar-refractivity contribution is -0.0738. The third kappa shape index (κ3) is 2.42. The molecule has 18 heavy (non-hydrogen) atoms. The van der Waals surface area contributed by atoms with Gasteiger partial charge in [0.25, 0.3) is 0 Å². The predicted octanol–water partition coefficient (Wildman–Crippen LogP) is 1.99. The van der Waals surface area contributed by atoms with Crippen molar-refractivity contribution < 1.29 is 4.74 Å². The third-order valence-corrected chi connectivity index (χ3v) is 3.52. The van der Waals surface area contributed by atoms with E-state index in [-0.39, 0.29) is 17.2 Å². The fourth-order valence-corrected chi connectivity index (χ4v) is 2.67. The summed E-state index contributed by atoms with van der Waals surface area (Å²) in [5, 5.41) is 8.41. The summed E-state index contributed by atoms with van der Waals surface area (Å²) in [7, 11) is 0. The van der Waals surface area contributed by atoms with Crippen molar-refractivity contribution in [3.05, 3.63) is 11.9 Å².